The number of nitrogens with zero attached hydrogens (tertiary/aromatic N) is 2. The molecule has 168 valence electrons. The van der Waals surface area contributed by atoms with Crippen LogP contribution in [0.15, 0.2) is 42.5 Å². The zero-order valence-corrected chi connectivity index (χ0v) is 18.1. The van der Waals surface area contributed by atoms with E-state index < -0.39 is 29.7 Å². The second-order valence-electron chi connectivity index (χ2n) is 6.89. The van der Waals surface area contributed by atoms with Gasteiger partial charge in [0, 0.05) is 18.6 Å². The SMILES string of the molecule is COc1cccc(N2C(=O)CC(N(NC(=O)c3ccc(OC)c(OC)c3)C(C)=O)C2=O)c1. The summed E-state index contributed by atoms with van der Waals surface area (Å²) in [5.74, 6) is -1.16. The Hall–Kier alpha value is -4.08. The Morgan fingerprint density at radius 3 is 2.34 bits per heavy atom. The van der Waals surface area contributed by atoms with Gasteiger partial charge in [-0.15, -0.1) is 0 Å². The Labute approximate surface area is 184 Å². The average molecular weight is 441 g/mol. The molecule has 1 aliphatic rings. The van der Waals surface area contributed by atoms with Crippen molar-refractivity contribution in [3.63, 3.8) is 0 Å². The van der Waals surface area contributed by atoms with Crippen LogP contribution in [-0.2, 0) is 14.4 Å². The van der Waals surface area contributed by atoms with Crippen molar-refractivity contribution in [2.45, 2.75) is 19.4 Å². The summed E-state index contributed by atoms with van der Waals surface area (Å²) in [4.78, 5) is 51.7. The Morgan fingerprint density at radius 2 is 1.72 bits per heavy atom. The average Bonchev–Trinajstić information content (AvgIpc) is 3.09. The highest BCUT2D eigenvalue weighted by molar-refractivity contribution is 6.23. The van der Waals surface area contributed by atoms with Gasteiger partial charge in [0.05, 0.1) is 33.4 Å². The maximum atomic E-state index is 13.0. The summed E-state index contributed by atoms with van der Waals surface area (Å²) < 4.78 is 15.5. The monoisotopic (exact) mass is 441 g/mol. The van der Waals surface area contributed by atoms with Crippen LogP contribution in [0.3, 0.4) is 0 Å². The predicted molar refractivity (Wildman–Crippen MR) is 113 cm³/mol. The highest BCUT2D eigenvalue weighted by Gasteiger charge is 2.44. The van der Waals surface area contributed by atoms with E-state index in [1.807, 2.05) is 0 Å². The summed E-state index contributed by atoms with van der Waals surface area (Å²) >= 11 is 0. The number of imide groups is 1. The Morgan fingerprint density at radius 1 is 1.00 bits per heavy atom. The summed E-state index contributed by atoms with van der Waals surface area (Å²) in [5.41, 5.74) is 2.93. The van der Waals surface area contributed by atoms with Crippen LogP contribution in [0.25, 0.3) is 0 Å². The molecule has 1 fully saturated rings. The van der Waals surface area contributed by atoms with Gasteiger partial charge in [0.25, 0.3) is 11.8 Å². The molecule has 3 rings (SSSR count). The van der Waals surface area contributed by atoms with E-state index in [2.05, 4.69) is 5.43 Å². The molecule has 32 heavy (non-hydrogen) atoms. The molecule has 1 heterocycles. The molecule has 0 radical (unpaired) electrons. The third-order valence-electron chi connectivity index (χ3n) is 4.95. The number of anilines is 1. The van der Waals surface area contributed by atoms with Crippen molar-refractivity contribution in [2.24, 2.45) is 0 Å². The van der Waals surface area contributed by atoms with E-state index >= 15 is 0 Å². The number of hydrogen-bond acceptors (Lipinski definition) is 7. The van der Waals surface area contributed by atoms with Gasteiger partial charge in [-0.2, -0.15) is 0 Å². The minimum absolute atomic E-state index is 0.176. The van der Waals surface area contributed by atoms with E-state index in [0.29, 0.717) is 22.9 Å². The van der Waals surface area contributed by atoms with Crippen LogP contribution in [0.4, 0.5) is 5.69 Å². The number of benzene rings is 2. The number of ether oxygens (including phenoxy) is 3. The topological polar surface area (TPSA) is 114 Å². The number of nitrogens with one attached hydrogen (secondary N) is 1. The maximum absolute atomic E-state index is 13.0. The molecule has 0 spiro atoms. The molecule has 1 aliphatic heterocycles. The molecule has 4 amide bonds. The molecule has 1 unspecified atom stereocenters. The van der Waals surface area contributed by atoms with Crippen LogP contribution in [0.2, 0.25) is 0 Å². The maximum Gasteiger partial charge on any atom is 0.270 e. The number of hydrazine groups is 1. The molecule has 2 aromatic carbocycles. The standard InChI is InChI=1S/C22H23N3O7/c1-13(26)25(23-21(28)14-8-9-18(31-3)19(10-14)32-4)17-12-20(27)24(22(17)29)15-6-5-7-16(11-15)30-2/h5-11,17H,12H2,1-4H3,(H,23,28). The van der Waals surface area contributed by atoms with E-state index in [9.17, 15) is 19.2 Å². The van der Waals surface area contributed by atoms with Crippen LogP contribution < -0.4 is 24.5 Å². The van der Waals surface area contributed by atoms with Gasteiger partial charge >= 0.3 is 0 Å². The van der Waals surface area contributed by atoms with Crippen molar-refractivity contribution in [3.05, 3.63) is 48.0 Å². The molecular weight excluding hydrogens is 418 g/mol. The van der Waals surface area contributed by atoms with Crippen LogP contribution in [0.5, 0.6) is 17.2 Å². The normalized spacial score (nSPS) is 15.4. The molecule has 10 nitrogen and oxygen atoms in total. The highest BCUT2D eigenvalue weighted by Crippen LogP contribution is 2.29. The fourth-order valence-electron chi connectivity index (χ4n) is 3.37. The number of hydrogen-bond donors (Lipinski definition) is 1. The Kier molecular flexibility index (Phi) is 6.62. The first-order valence-electron chi connectivity index (χ1n) is 9.64. The molecular formula is C22H23N3O7. The summed E-state index contributed by atoms with van der Waals surface area (Å²) in [6, 6.07) is 9.73. The Bertz CT molecular complexity index is 1070. The lowest BCUT2D eigenvalue weighted by molar-refractivity contribution is -0.139. The van der Waals surface area contributed by atoms with Gasteiger partial charge in [-0.25, -0.2) is 9.91 Å². The van der Waals surface area contributed by atoms with E-state index in [0.717, 1.165) is 9.91 Å². The number of carbonyl (C=O) groups excluding carboxylic acids is 4. The van der Waals surface area contributed by atoms with Crippen molar-refractivity contribution in [3.8, 4) is 17.2 Å². The molecule has 0 saturated carbocycles. The third-order valence-corrected chi connectivity index (χ3v) is 4.95. The molecule has 0 bridgehead atoms. The Balaban J connectivity index is 1.84. The lowest BCUT2D eigenvalue weighted by atomic mass is 10.2. The first-order chi connectivity index (χ1) is 15.3. The summed E-state index contributed by atoms with van der Waals surface area (Å²) in [5, 5.41) is 0.874. The molecule has 1 atom stereocenters. The quantitative estimate of drug-likeness (QED) is 0.534. The second-order valence-corrected chi connectivity index (χ2v) is 6.89. The fraction of sp³-hybridized carbons (Fsp3) is 0.273. The highest BCUT2D eigenvalue weighted by atomic mass is 16.5. The lowest BCUT2D eigenvalue weighted by Gasteiger charge is -2.26. The molecule has 1 N–H and O–H groups in total. The molecule has 1 saturated heterocycles. The van der Waals surface area contributed by atoms with Crippen molar-refractivity contribution >= 4 is 29.3 Å². The summed E-state index contributed by atoms with van der Waals surface area (Å²) in [7, 11) is 4.36. The number of amides is 4. The van der Waals surface area contributed by atoms with Gasteiger partial charge in [0.2, 0.25) is 11.8 Å². The minimum atomic E-state index is -1.18. The van der Waals surface area contributed by atoms with E-state index in [1.165, 1.54) is 40.4 Å². The zero-order chi connectivity index (χ0) is 23.4. The molecule has 2 aromatic rings. The van der Waals surface area contributed by atoms with E-state index in [-0.39, 0.29) is 12.0 Å². The van der Waals surface area contributed by atoms with Gasteiger partial charge in [-0.05, 0) is 30.3 Å². The summed E-state index contributed by atoms with van der Waals surface area (Å²) in [6.07, 6.45) is -0.276. The lowest BCUT2D eigenvalue weighted by Crippen LogP contribution is -2.54. The largest absolute Gasteiger partial charge is 0.497 e. The van der Waals surface area contributed by atoms with Gasteiger partial charge in [-0.1, -0.05) is 6.07 Å². The molecule has 10 heteroatoms. The van der Waals surface area contributed by atoms with Crippen molar-refractivity contribution in [2.75, 3.05) is 26.2 Å². The predicted octanol–water partition coefficient (Wildman–Crippen LogP) is 1.54. The first kappa shape index (κ1) is 22.6. The van der Waals surface area contributed by atoms with Gasteiger partial charge in [-0.3, -0.25) is 24.6 Å². The van der Waals surface area contributed by atoms with Gasteiger partial charge in [0.1, 0.15) is 11.8 Å². The van der Waals surface area contributed by atoms with Crippen molar-refractivity contribution < 1.29 is 33.4 Å². The fourth-order valence-corrected chi connectivity index (χ4v) is 3.37. The van der Waals surface area contributed by atoms with Crippen LogP contribution in [-0.4, -0.2) is 56.0 Å². The van der Waals surface area contributed by atoms with Crippen LogP contribution in [0, 0.1) is 0 Å². The first-order valence-corrected chi connectivity index (χ1v) is 9.64. The van der Waals surface area contributed by atoms with E-state index in [4.69, 9.17) is 14.2 Å². The molecule has 0 aliphatic carbocycles. The van der Waals surface area contributed by atoms with Crippen molar-refractivity contribution in [1.82, 2.24) is 10.4 Å². The van der Waals surface area contributed by atoms with Crippen LogP contribution >= 0.6 is 0 Å². The number of methoxy groups -OCH3 is 3. The smallest absolute Gasteiger partial charge is 0.270 e. The number of rotatable bonds is 6. The van der Waals surface area contributed by atoms with Crippen molar-refractivity contribution in [1.29, 1.82) is 0 Å². The van der Waals surface area contributed by atoms with Gasteiger partial charge < -0.3 is 14.2 Å². The minimum Gasteiger partial charge on any atom is -0.497 e. The zero-order valence-electron chi connectivity index (χ0n) is 18.1. The summed E-state index contributed by atoms with van der Waals surface area (Å²) in [6.45, 7) is 1.20. The van der Waals surface area contributed by atoms with E-state index in [1.54, 1.807) is 30.3 Å². The third kappa shape index (κ3) is 4.34. The van der Waals surface area contributed by atoms with Crippen LogP contribution in [0.1, 0.15) is 23.7 Å². The molecule has 0 aromatic heterocycles. The second kappa shape index (κ2) is 9.38. The van der Waals surface area contributed by atoms with Gasteiger partial charge in [0.15, 0.2) is 11.5 Å². The number of carbonyl (C=O) groups is 4.